The Morgan fingerprint density at radius 3 is 2.86 bits per heavy atom. The number of aliphatic hydroxyl groups excluding tert-OH is 1. The maximum Gasteiger partial charge on any atom is 0.331 e. The van der Waals surface area contributed by atoms with Crippen molar-refractivity contribution in [3.8, 4) is 0 Å². The smallest absolute Gasteiger partial charge is 0.331 e. The standard InChI is InChI=1S/C10H15NO3/c1-3-14-10(13)9(7-12)11-6-4-5-8(11)2/h4-6,9,12H,3,7H2,1-2H3. The number of aromatic nitrogens is 1. The molecule has 0 saturated carbocycles. The predicted molar refractivity (Wildman–Crippen MR) is 51.9 cm³/mol. The molecule has 0 bridgehead atoms. The van der Waals surface area contributed by atoms with Crippen LogP contribution in [0, 0.1) is 6.92 Å². The molecule has 0 saturated heterocycles. The number of carbonyl (C=O) groups excluding carboxylic acids is 1. The van der Waals surface area contributed by atoms with Crippen molar-refractivity contribution in [3.63, 3.8) is 0 Å². The van der Waals surface area contributed by atoms with E-state index < -0.39 is 12.0 Å². The number of carbonyl (C=O) groups is 1. The first kappa shape index (κ1) is 10.8. The molecule has 0 aliphatic carbocycles. The molecule has 4 heteroatoms. The van der Waals surface area contributed by atoms with Gasteiger partial charge in [0.1, 0.15) is 0 Å². The van der Waals surface area contributed by atoms with Gasteiger partial charge in [-0.1, -0.05) is 0 Å². The molecule has 1 atom stereocenters. The van der Waals surface area contributed by atoms with Crippen LogP contribution in [-0.2, 0) is 9.53 Å². The summed E-state index contributed by atoms with van der Waals surface area (Å²) in [4.78, 5) is 11.4. The van der Waals surface area contributed by atoms with E-state index in [-0.39, 0.29) is 6.61 Å². The third kappa shape index (κ3) is 2.14. The van der Waals surface area contributed by atoms with Gasteiger partial charge < -0.3 is 14.4 Å². The average molecular weight is 197 g/mol. The first-order chi connectivity index (χ1) is 6.70. The Morgan fingerprint density at radius 2 is 2.43 bits per heavy atom. The third-order valence-electron chi connectivity index (χ3n) is 2.06. The van der Waals surface area contributed by atoms with Crippen LogP contribution in [0.25, 0.3) is 0 Å². The van der Waals surface area contributed by atoms with Crippen molar-refractivity contribution in [1.82, 2.24) is 4.57 Å². The van der Waals surface area contributed by atoms with Crippen LogP contribution in [0.1, 0.15) is 18.7 Å². The van der Waals surface area contributed by atoms with E-state index in [2.05, 4.69) is 0 Å². The van der Waals surface area contributed by atoms with Crippen LogP contribution >= 0.6 is 0 Å². The molecule has 1 N–H and O–H groups in total. The van der Waals surface area contributed by atoms with Crippen LogP contribution in [0.5, 0.6) is 0 Å². The van der Waals surface area contributed by atoms with Crippen molar-refractivity contribution in [3.05, 3.63) is 24.0 Å². The summed E-state index contributed by atoms with van der Waals surface area (Å²) in [6, 6.07) is 3.09. The summed E-state index contributed by atoms with van der Waals surface area (Å²) in [5.74, 6) is -0.394. The lowest BCUT2D eigenvalue weighted by atomic mass is 10.3. The second kappa shape index (κ2) is 4.81. The molecule has 4 nitrogen and oxygen atoms in total. The highest BCUT2D eigenvalue weighted by molar-refractivity contribution is 5.74. The van der Waals surface area contributed by atoms with Gasteiger partial charge in [-0.25, -0.2) is 4.79 Å². The fourth-order valence-corrected chi connectivity index (χ4v) is 1.34. The second-order valence-electron chi connectivity index (χ2n) is 3.01. The SMILES string of the molecule is CCOC(=O)C(CO)n1cccc1C. The van der Waals surface area contributed by atoms with Gasteiger partial charge in [0.15, 0.2) is 6.04 Å². The van der Waals surface area contributed by atoms with Gasteiger partial charge in [0.05, 0.1) is 13.2 Å². The zero-order valence-corrected chi connectivity index (χ0v) is 8.43. The zero-order valence-electron chi connectivity index (χ0n) is 8.43. The van der Waals surface area contributed by atoms with Crippen molar-refractivity contribution >= 4 is 5.97 Å². The lowest BCUT2D eigenvalue weighted by Gasteiger charge is -2.16. The highest BCUT2D eigenvalue weighted by Crippen LogP contribution is 2.12. The van der Waals surface area contributed by atoms with Gasteiger partial charge in [-0.2, -0.15) is 0 Å². The average Bonchev–Trinajstić information content (AvgIpc) is 2.54. The van der Waals surface area contributed by atoms with Crippen LogP contribution in [0.2, 0.25) is 0 Å². The molecule has 1 aromatic rings. The normalized spacial score (nSPS) is 12.5. The topological polar surface area (TPSA) is 51.5 Å². The maximum absolute atomic E-state index is 11.4. The molecule has 0 aliphatic heterocycles. The summed E-state index contributed by atoms with van der Waals surface area (Å²) in [6.45, 7) is 3.71. The van der Waals surface area contributed by atoms with Gasteiger partial charge in [-0.05, 0) is 26.0 Å². The molecule has 1 heterocycles. The van der Waals surface area contributed by atoms with Crippen molar-refractivity contribution in [2.75, 3.05) is 13.2 Å². The maximum atomic E-state index is 11.4. The van der Waals surface area contributed by atoms with Crippen LogP contribution < -0.4 is 0 Å². The molecule has 1 unspecified atom stereocenters. The highest BCUT2D eigenvalue weighted by Gasteiger charge is 2.20. The monoisotopic (exact) mass is 197 g/mol. The molecule has 0 fully saturated rings. The molecule has 14 heavy (non-hydrogen) atoms. The zero-order chi connectivity index (χ0) is 10.6. The Kier molecular flexibility index (Phi) is 3.71. The van der Waals surface area contributed by atoms with Crippen molar-refractivity contribution < 1.29 is 14.6 Å². The van der Waals surface area contributed by atoms with E-state index in [1.807, 2.05) is 19.1 Å². The molecule has 1 aromatic heterocycles. The molecule has 0 aromatic carbocycles. The van der Waals surface area contributed by atoms with Crippen molar-refractivity contribution in [2.24, 2.45) is 0 Å². The van der Waals surface area contributed by atoms with Crippen molar-refractivity contribution in [2.45, 2.75) is 19.9 Å². The Labute approximate surface area is 83.1 Å². The largest absolute Gasteiger partial charge is 0.464 e. The summed E-state index contributed by atoms with van der Waals surface area (Å²) >= 11 is 0. The number of hydrogen-bond donors (Lipinski definition) is 1. The Bertz CT molecular complexity index is 306. The number of rotatable bonds is 4. The quantitative estimate of drug-likeness (QED) is 0.729. The van der Waals surface area contributed by atoms with E-state index in [1.54, 1.807) is 17.7 Å². The molecule has 78 valence electrons. The summed E-state index contributed by atoms with van der Waals surface area (Å²) in [5.41, 5.74) is 0.928. The van der Waals surface area contributed by atoms with E-state index in [9.17, 15) is 4.79 Å². The molecule has 0 radical (unpaired) electrons. The fraction of sp³-hybridized carbons (Fsp3) is 0.500. The lowest BCUT2D eigenvalue weighted by molar-refractivity contribution is -0.148. The Hall–Kier alpha value is -1.29. The number of nitrogens with zero attached hydrogens (tertiary/aromatic N) is 1. The minimum absolute atomic E-state index is 0.242. The Morgan fingerprint density at radius 1 is 1.71 bits per heavy atom. The summed E-state index contributed by atoms with van der Waals surface area (Å²) in [5, 5.41) is 9.10. The van der Waals surface area contributed by atoms with E-state index >= 15 is 0 Å². The number of hydrogen-bond acceptors (Lipinski definition) is 3. The van der Waals surface area contributed by atoms with E-state index in [0.717, 1.165) is 5.69 Å². The predicted octanol–water partition coefficient (Wildman–Crippen LogP) is 0.893. The lowest BCUT2D eigenvalue weighted by Crippen LogP contribution is -2.25. The van der Waals surface area contributed by atoms with E-state index in [4.69, 9.17) is 9.84 Å². The van der Waals surface area contributed by atoms with Crippen LogP contribution in [0.4, 0.5) is 0 Å². The van der Waals surface area contributed by atoms with Gasteiger partial charge in [0, 0.05) is 11.9 Å². The van der Waals surface area contributed by atoms with Gasteiger partial charge in [-0.15, -0.1) is 0 Å². The van der Waals surface area contributed by atoms with Gasteiger partial charge in [-0.3, -0.25) is 0 Å². The molecule has 1 rings (SSSR count). The van der Waals surface area contributed by atoms with Gasteiger partial charge in [0.25, 0.3) is 0 Å². The molecule has 0 spiro atoms. The number of aryl methyl sites for hydroxylation is 1. The molecular weight excluding hydrogens is 182 g/mol. The molecular formula is C10H15NO3. The summed E-state index contributed by atoms with van der Waals surface area (Å²) in [7, 11) is 0. The summed E-state index contributed by atoms with van der Waals surface area (Å²) < 4.78 is 6.56. The van der Waals surface area contributed by atoms with Crippen LogP contribution in [-0.4, -0.2) is 28.9 Å². The highest BCUT2D eigenvalue weighted by atomic mass is 16.5. The molecule has 0 aliphatic rings. The minimum atomic E-state index is -0.620. The minimum Gasteiger partial charge on any atom is -0.464 e. The van der Waals surface area contributed by atoms with Crippen LogP contribution in [0.15, 0.2) is 18.3 Å². The number of esters is 1. The van der Waals surface area contributed by atoms with Crippen molar-refractivity contribution in [1.29, 1.82) is 0 Å². The second-order valence-corrected chi connectivity index (χ2v) is 3.01. The number of aliphatic hydroxyl groups is 1. The molecule has 0 amide bonds. The number of ether oxygens (including phenoxy) is 1. The Balaban J connectivity index is 2.82. The van der Waals surface area contributed by atoms with Crippen LogP contribution in [0.3, 0.4) is 0 Å². The van der Waals surface area contributed by atoms with E-state index in [1.165, 1.54) is 0 Å². The first-order valence-electron chi connectivity index (χ1n) is 4.61. The van der Waals surface area contributed by atoms with E-state index in [0.29, 0.717) is 6.61 Å². The fourth-order valence-electron chi connectivity index (χ4n) is 1.34. The summed E-state index contributed by atoms with van der Waals surface area (Å²) in [6.07, 6.45) is 1.76. The third-order valence-corrected chi connectivity index (χ3v) is 2.06. The van der Waals surface area contributed by atoms with Gasteiger partial charge in [0.2, 0.25) is 0 Å². The van der Waals surface area contributed by atoms with Gasteiger partial charge >= 0.3 is 5.97 Å². The first-order valence-corrected chi connectivity index (χ1v) is 4.61.